The van der Waals surface area contributed by atoms with Gasteiger partial charge in [0.15, 0.2) is 5.76 Å². The number of furan rings is 1. The summed E-state index contributed by atoms with van der Waals surface area (Å²) >= 11 is 0. The molecule has 2 aromatic heterocycles. The molecule has 2 heterocycles. The number of anilines is 1. The van der Waals surface area contributed by atoms with Crippen LogP contribution in [0.1, 0.15) is 27.2 Å². The van der Waals surface area contributed by atoms with E-state index in [4.69, 9.17) is 9.15 Å². The molecule has 34 heavy (non-hydrogen) atoms. The Morgan fingerprint density at radius 1 is 0.853 bits per heavy atom. The molecule has 0 radical (unpaired) electrons. The molecule has 0 spiro atoms. The van der Waals surface area contributed by atoms with Gasteiger partial charge in [-0.3, -0.25) is 4.79 Å². The molecule has 0 aliphatic carbocycles. The highest BCUT2D eigenvalue weighted by molar-refractivity contribution is 6.04. The molecule has 0 unspecified atom stereocenters. The summed E-state index contributed by atoms with van der Waals surface area (Å²) in [6, 6.07) is 20.8. The molecule has 0 atom stereocenters. The smallest absolute Gasteiger partial charge is 0.291 e. The van der Waals surface area contributed by atoms with E-state index in [1.165, 1.54) is 11.1 Å². The van der Waals surface area contributed by atoms with Crippen LogP contribution in [0.3, 0.4) is 0 Å². The second-order valence-electron chi connectivity index (χ2n) is 8.26. The Morgan fingerprint density at radius 2 is 1.59 bits per heavy atom. The zero-order valence-corrected chi connectivity index (χ0v) is 19.4. The van der Waals surface area contributed by atoms with Crippen molar-refractivity contribution in [3.05, 3.63) is 89.2 Å². The number of nitrogens with zero attached hydrogens (tertiary/aromatic N) is 3. The lowest BCUT2D eigenvalue weighted by molar-refractivity contribution is 0.0997. The predicted molar refractivity (Wildman–Crippen MR) is 132 cm³/mol. The Labute approximate surface area is 197 Å². The van der Waals surface area contributed by atoms with Crippen molar-refractivity contribution in [2.75, 3.05) is 12.4 Å². The van der Waals surface area contributed by atoms with Crippen LogP contribution in [0.15, 0.2) is 71.1 Å². The molecule has 0 fully saturated rings. The number of methoxy groups -OCH3 is 1. The largest absolute Gasteiger partial charge is 0.497 e. The van der Waals surface area contributed by atoms with E-state index in [-0.39, 0.29) is 11.7 Å². The fourth-order valence-corrected chi connectivity index (χ4v) is 3.73. The molecule has 3 aromatic carbocycles. The number of amides is 1. The third-order valence-electron chi connectivity index (χ3n) is 5.90. The van der Waals surface area contributed by atoms with Gasteiger partial charge in [0, 0.05) is 11.3 Å². The summed E-state index contributed by atoms with van der Waals surface area (Å²) in [5.41, 5.74) is 7.08. The van der Waals surface area contributed by atoms with Gasteiger partial charge in [-0.1, -0.05) is 12.1 Å². The average Bonchev–Trinajstić information content (AvgIpc) is 3.49. The quantitative estimate of drug-likeness (QED) is 0.361. The molecule has 7 heteroatoms. The van der Waals surface area contributed by atoms with Gasteiger partial charge >= 0.3 is 0 Å². The molecule has 5 rings (SSSR count). The molecule has 5 aromatic rings. The summed E-state index contributed by atoms with van der Waals surface area (Å²) in [4.78, 5) is 14.5. The summed E-state index contributed by atoms with van der Waals surface area (Å²) < 4.78 is 11.1. The van der Waals surface area contributed by atoms with Crippen LogP contribution < -0.4 is 10.1 Å². The Morgan fingerprint density at radius 3 is 2.29 bits per heavy atom. The number of aryl methyl sites for hydroxylation is 3. The Bertz CT molecular complexity index is 1510. The van der Waals surface area contributed by atoms with Crippen LogP contribution in [-0.4, -0.2) is 28.0 Å². The van der Waals surface area contributed by atoms with Crippen LogP contribution in [0, 0.1) is 20.8 Å². The molecular formula is C27H24N4O3. The molecule has 0 saturated heterocycles. The Kier molecular flexibility index (Phi) is 5.37. The van der Waals surface area contributed by atoms with Gasteiger partial charge in [0.25, 0.3) is 5.91 Å². The fraction of sp³-hybridized carbons (Fsp3) is 0.148. The minimum Gasteiger partial charge on any atom is -0.497 e. The topological polar surface area (TPSA) is 82.2 Å². The molecule has 7 nitrogen and oxygen atoms in total. The van der Waals surface area contributed by atoms with Crippen LogP contribution in [0.25, 0.3) is 28.0 Å². The van der Waals surface area contributed by atoms with E-state index < -0.39 is 0 Å². The first-order valence-electron chi connectivity index (χ1n) is 10.9. The lowest BCUT2D eigenvalue weighted by Crippen LogP contribution is -2.11. The minimum atomic E-state index is -0.319. The Balaban J connectivity index is 1.39. The molecule has 0 saturated carbocycles. The van der Waals surface area contributed by atoms with Crippen molar-refractivity contribution >= 4 is 22.6 Å². The first-order chi connectivity index (χ1) is 16.4. The number of aromatic nitrogens is 3. The van der Waals surface area contributed by atoms with Crippen molar-refractivity contribution in [2.24, 2.45) is 0 Å². The highest BCUT2D eigenvalue weighted by atomic mass is 16.5. The number of nitrogens with one attached hydrogen (secondary N) is 1. The van der Waals surface area contributed by atoms with Crippen LogP contribution in [-0.2, 0) is 0 Å². The van der Waals surface area contributed by atoms with Crippen LogP contribution in [0.2, 0.25) is 0 Å². The van der Waals surface area contributed by atoms with E-state index in [2.05, 4.69) is 35.4 Å². The molecule has 0 bridgehead atoms. The van der Waals surface area contributed by atoms with Gasteiger partial charge in [-0.15, -0.1) is 10.2 Å². The van der Waals surface area contributed by atoms with Crippen molar-refractivity contribution in [1.82, 2.24) is 15.0 Å². The van der Waals surface area contributed by atoms with Crippen molar-refractivity contribution in [1.29, 1.82) is 0 Å². The summed E-state index contributed by atoms with van der Waals surface area (Å²) in [6.45, 7) is 6.04. The maximum absolute atomic E-state index is 12.9. The minimum absolute atomic E-state index is 0.245. The van der Waals surface area contributed by atoms with Gasteiger partial charge in [0.05, 0.1) is 12.8 Å². The third kappa shape index (κ3) is 4.03. The monoisotopic (exact) mass is 452 g/mol. The lowest BCUT2D eigenvalue weighted by Gasteiger charge is -2.07. The van der Waals surface area contributed by atoms with E-state index in [1.807, 2.05) is 61.5 Å². The number of hydrogen-bond donors (Lipinski definition) is 1. The van der Waals surface area contributed by atoms with Gasteiger partial charge in [0.2, 0.25) is 0 Å². The van der Waals surface area contributed by atoms with Gasteiger partial charge in [0.1, 0.15) is 22.5 Å². The lowest BCUT2D eigenvalue weighted by atomic mass is 10.1. The standard InChI is InChI=1S/C27H24N4O3/c1-16-5-6-19(13-17(16)2)25-11-12-26(34-25)27(32)28-22-15-24-23(14-18(22)3)29-31(30-24)20-7-9-21(33-4)10-8-20/h5-15H,1-4H3,(H,28,32). The van der Waals surface area contributed by atoms with Crippen molar-refractivity contribution in [2.45, 2.75) is 20.8 Å². The summed E-state index contributed by atoms with van der Waals surface area (Å²) in [5.74, 6) is 1.34. The number of ether oxygens (including phenoxy) is 1. The van der Waals surface area contributed by atoms with E-state index in [1.54, 1.807) is 18.0 Å². The second kappa shape index (κ2) is 8.51. The maximum atomic E-state index is 12.9. The van der Waals surface area contributed by atoms with E-state index in [9.17, 15) is 4.79 Å². The van der Waals surface area contributed by atoms with E-state index in [0.29, 0.717) is 17.0 Å². The van der Waals surface area contributed by atoms with Gasteiger partial charge in [-0.2, -0.15) is 4.80 Å². The van der Waals surface area contributed by atoms with E-state index in [0.717, 1.165) is 28.1 Å². The number of rotatable bonds is 5. The normalized spacial score (nSPS) is 11.1. The number of carbonyl (C=O) groups excluding carboxylic acids is 1. The van der Waals surface area contributed by atoms with Gasteiger partial charge in [-0.25, -0.2) is 0 Å². The summed E-state index contributed by atoms with van der Waals surface area (Å²) in [7, 11) is 1.63. The maximum Gasteiger partial charge on any atom is 0.291 e. The molecule has 1 N–H and O–H groups in total. The molecule has 170 valence electrons. The van der Waals surface area contributed by atoms with Gasteiger partial charge in [-0.05, 0) is 92.1 Å². The predicted octanol–water partition coefficient (Wildman–Crippen LogP) is 5.87. The fourth-order valence-electron chi connectivity index (χ4n) is 3.73. The molecule has 1 amide bonds. The molecule has 0 aliphatic heterocycles. The van der Waals surface area contributed by atoms with Gasteiger partial charge < -0.3 is 14.5 Å². The van der Waals surface area contributed by atoms with Crippen molar-refractivity contribution < 1.29 is 13.9 Å². The summed E-state index contributed by atoms with van der Waals surface area (Å²) in [6.07, 6.45) is 0. The zero-order valence-electron chi connectivity index (χ0n) is 19.4. The number of hydrogen-bond acceptors (Lipinski definition) is 5. The second-order valence-corrected chi connectivity index (χ2v) is 8.26. The zero-order chi connectivity index (χ0) is 23.8. The third-order valence-corrected chi connectivity index (χ3v) is 5.90. The SMILES string of the molecule is COc1ccc(-n2nc3cc(C)c(NC(=O)c4ccc(-c5ccc(C)c(C)c5)o4)cc3n2)cc1. The average molecular weight is 453 g/mol. The first kappa shape index (κ1) is 21.5. The summed E-state index contributed by atoms with van der Waals surface area (Å²) in [5, 5.41) is 12.1. The van der Waals surface area contributed by atoms with Crippen LogP contribution in [0.5, 0.6) is 5.75 Å². The number of fused-ring (bicyclic) bond motifs is 1. The molecule has 0 aliphatic rings. The number of carbonyl (C=O) groups is 1. The molecular weight excluding hydrogens is 428 g/mol. The first-order valence-corrected chi connectivity index (χ1v) is 10.9. The van der Waals surface area contributed by atoms with E-state index >= 15 is 0 Å². The highest BCUT2D eigenvalue weighted by Crippen LogP contribution is 2.27. The highest BCUT2D eigenvalue weighted by Gasteiger charge is 2.16. The number of benzene rings is 3. The Hall–Kier alpha value is -4.39. The van der Waals surface area contributed by atoms with Crippen LogP contribution in [0.4, 0.5) is 5.69 Å². The van der Waals surface area contributed by atoms with Crippen molar-refractivity contribution in [3.8, 4) is 22.8 Å². The van der Waals surface area contributed by atoms with Crippen LogP contribution >= 0.6 is 0 Å². The van der Waals surface area contributed by atoms with Crippen molar-refractivity contribution in [3.63, 3.8) is 0 Å².